The van der Waals surface area contributed by atoms with Crippen LogP contribution in [0.15, 0.2) is 54.6 Å². The first-order valence-electron chi connectivity index (χ1n) is 6.41. The largest absolute Gasteiger partial charge is 0.229 e. The van der Waals surface area contributed by atoms with Gasteiger partial charge in [-0.05, 0) is 16.7 Å². The van der Waals surface area contributed by atoms with Crippen molar-refractivity contribution in [1.29, 1.82) is 0 Å². The summed E-state index contributed by atoms with van der Waals surface area (Å²) >= 11 is 5.79. The molecule has 0 aliphatic rings. The van der Waals surface area contributed by atoms with Crippen LogP contribution in [-0.4, -0.2) is 20.9 Å². The van der Waals surface area contributed by atoms with E-state index in [1.165, 1.54) is 11.1 Å². The number of rotatable bonds is 3. The first kappa shape index (κ1) is 17.5. The highest BCUT2D eigenvalue weighted by atomic mass is 35.5. The Morgan fingerprint density at radius 1 is 0.905 bits per heavy atom. The highest BCUT2D eigenvalue weighted by Crippen LogP contribution is 2.11. The summed E-state index contributed by atoms with van der Waals surface area (Å²) in [6.45, 7) is 0. The van der Waals surface area contributed by atoms with Crippen LogP contribution in [0.2, 0.25) is 0 Å². The van der Waals surface area contributed by atoms with Gasteiger partial charge in [-0.1, -0.05) is 66.7 Å². The van der Waals surface area contributed by atoms with Crippen molar-refractivity contribution >= 4 is 33.6 Å². The summed E-state index contributed by atoms with van der Waals surface area (Å²) in [5.41, 5.74) is 3.54. The standard InChI is InChI=1S/C15H13Cl.C2H6O2S/c16-12-15-8-4-7-14(11-15)10-9-13-5-2-1-3-6-13;1-5(2,3)4/h1-11H,12H2;1-2H3. The zero-order valence-electron chi connectivity index (χ0n) is 12.2. The summed E-state index contributed by atoms with van der Waals surface area (Å²) in [5.74, 6) is 0.563. The van der Waals surface area contributed by atoms with Gasteiger partial charge in [0, 0.05) is 18.4 Å². The van der Waals surface area contributed by atoms with Crippen molar-refractivity contribution in [2.24, 2.45) is 0 Å². The third-order valence-corrected chi connectivity index (χ3v) is 2.68. The van der Waals surface area contributed by atoms with Gasteiger partial charge in [0.15, 0.2) is 0 Å². The summed E-state index contributed by atoms with van der Waals surface area (Å²) in [7, 11) is -2.67. The van der Waals surface area contributed by atoms with E-state index >= 15 is 0 Å². The van der Waals surface area contributed by atoms with Crippen LogP contribution < -0.4 is 0 Å². The predicted octanol–water partition coefficient (Wildman–Crippen LogP) is 4.26. The second-order valence-electron chi connectivity index (χ2n) is 4.77. The molecule has 0 saturated heterocycles. The molecule has 0 radical (unpaired) electrons. The lowest BCUT2D eigenvalue weighted by Gasteiger charge is -1.97. The zero-order chi connectivity index (χ0) is 15.7. The van der Waals surface area contributed by atoms with Gasteiger partial charge in [-0.25, -0.2) is 8.42 Å². The van der Waals surface area contributed by atoms with E-state index in [2.05, 4.69) is 36.4 Å². The molecule has 2 nitrogen and oxygen atoms in total. The van der Waals surface area contributed by atoms with Crippen molar-refractivity contribution < 1.29 is 8.42 Å². The van der Waals surface area contributed by atoms with Gasteiger partial charge in [0.05, 0.1) is 0 Å². The van der Waals surface area contributed by atoms with Crippen LogP contribution in [0.5, 0.6) is 0 Å². The molecule has 0 spiro atoms. The van der Waals surface area contributed by atoms with E-state index in [4.69, 9.17) is 11.6 Å². The Morgan fingerprint density at radius 3 is 2.00 bits per heavy atom. The molecule has 2 rings (SSSR count). The van der Waals surface area contributed by atoms with Crippen molar-refractivity contribution in [2.45, 2.75) is 5.88 Å². The topological polar surface area (TPSA) is 34.1 Å². The van der Waals surface area contributed by atoms with E-state index in [-0.39, 0.29) is 0 Å². The minimum Gasteiger partial charge on any atom is -0.229 e. The molecule has 112 valence electrons. The molecule has 0 heterocycles. The first-order valence-corrected chi connectivity index (χ1v) is 9.25. The van der Waals surface area contributed by atoms with Crippen molar-refractivity contribution in [3.05, 3.63) is 71.3 Å². The molecule has 0 amide bonds. The molecule has 0 N–H and O–H groups in total. The second-order valence-corrected chi connectivity index (χ2v) is 7.32. The van der Waals surface area contributed by atoms with Gasteiger partial charge in [-0.2, -0.15) is 0 Å². The van der Waals surface area contributed by atoms with E-state index in [9.17, 15) is 8.42 Å². The number of hydrogen-bond acceptors (Lipinski definition) is 2. The first-order chi connectivity index (χ1) is 9.88. The molecule has 0 aliphatic carbocycles. The maximum atomic E-state index is 9.63. The van der Waals surface area contributed by atoms with Crippen LogP contribution in [0, 0.1) is 0 Å². The molecular formula is C17H19ClO2S. The molecule has 0 unspecified atom stereocenters. The summed E-state index contributed by atoms with van der Waals surface area (Å²) < 4.78 is 19.3. The minimum atomic E-state index is -2.67. The third kappa shape index (κ3) is 9.05. The second kappa shape index (κ2) is 8.65. The maximum Gasteiger partial charge on any atom is 0.144 e. The lowest BCUT2D eigenvalue weighted by molar-refractivity contribution is 0.607. The normalized spacial score (nSPS) is 11.0. The number of halogens is 1. The monoisotopic (exact) mass is 322 g/mol. The van der Waals surface area contributed by atoms with E-state index in [1.54, 1.807) is 0 Å². The predicted molar refractivity (Wildman–Crippen MR) is 92.1 cm³/mol. The molecule has 0 saturated carbocycles. The molecule has 0 aromatic heterocycles. The molecular weight excluding hydrogens is 304 g/mol. The van der Waals surface area contributed by atoms with Crippen LogP contribution >= 0.6 is 11.6 Å². The molecule has 0 fully saturated rings. The average molecular weight is 323 g/mol. The van der Waals surface area contributed by atoms with Gasteiger partial charge < -0.3 is 0 Å². The number of hydrogen-bond donors (Lipinski definition) is 0. The van der Waals surface area contributed by atoms with Crippen molar-refractivity contribution in [3.63, 3.8) is 0 Å². The Labute approximate surface area is 132 Å². The molecule has 2 aromatic carbocycles. The fraction of sp³-hybridized carbons (Fsp3) is 0.176. The van der Waals surface area contributed by atoms with Gasteiger partial charge in [-0.15, -0.1) is 11.6 Å². The van der Waals surface area contributed by atoms with Crippen molar-refractivity contribution in [2.75, 3.05) is 12.5 Å². The van der Waals surface area contributed by atoms with Gasteiger partial charge in [-0.3, -0.25) is 0 Å². The quantitative estimate of drug-likeness (QED) is 0.625. The summed E-state index contributed by atoms with van der Waals surface area (Å²) in [6, 6.07) is 18.5. The van der Waals surface area contributed by atoms with Crippen LogP contribution in [0.25, 0.3) is 12.2 Å². The lowest BCUT2D eigenvalue weighted by Crippen LogP contribution is -1.86. The highest BCUT2D eigenvalue weighted by Gasteiger charge is 1.91. The van der Waals surface area contributed by atoms with Crippen molar-refractivity contribution in [3.8, 4) is 0 Å². The summed E-state index contributed by atoms with van der Waals surface area (Å²) in [4.78, 5) is 0. The summed E-state index contributed by atoms with van der Waals surface area (Å²) in [5, 5.41) is 0. The Bertz CT molecular complexity index is 669. The molecule has 21 heavy (non-hydrogen) atoms. The smallest absolute Gasteiger partial charge is 0.144 e. The number of alkyl halides is 1. The van der Waals surface area contributed by atoms with Gasteiger partial charge in [0.1, 0.15) is 9.84 Å². The molecule has 0 aliphatic heterocycles. The molecule has 2 aromatic rings. The van der Waals surface area contributed by atoms with Crippen molar-refractivity contribution in [1.82, 2.24) is 0 Å². The number of benzene rings is 2. The third-order valence-electron chi connectivity index (χ3n) is 2.37. The fourth-order valence-corrected chi connectivity index (χ4v) is 1.70. The molecule has 0 atom stereocenters. The molecule has 0 bridgehead atoms. The van der Waals surface area contributed by atoms with Gasteiger partial charge >= 0.3 is 0 Å². The van der Waals surface area contributed by atoms with Gasteiger partial charge in [0.2, 0.25) is 0 Å². The van der Waals surface area contributed by atoms with E-state index in [0.29, 0.717) is 5.88 Å². The van der Waals surface area contributed by atoms with E-state index < -0.39 is 9.84 Å². The van der Waals surface area contributed by atoms with Crippen LogP contribution in [-0.2, 0) is 15.7 Å². The maximum absolute atomic E-state index is 9.63. The average Bonchev–Trinajstić information content (AvgIpc) is 2.45. The zero-order valence-corrected chi connectivity index (χ0v) is 13.7. The Morgan fingerprint density at radius 2 is 1.43 bits per heavy atom. The fourth-order valence-electron chi connectivity index (χ4n) is 1.54. The lowest BCUT2D eigenvalue weighted by atomic mass is 10.1. The minimum absolute atomic E-state index is 0.563. The number of sulfone groups is 1. The summed E-state index contributed by atoms with van der Waals surface area (Å²) in [6.07, 6.45) is 6.53. The van der Waals surface area contributed by atoms with Crippen LogP contribution in [0.4, 0.5) is 0 Å². The SMILES string of the molecule is CS(C)(=O)=O.ClCc1cccc(C=Cc2ccccc2)c1. The van der Waals surface area contributed by atoms with Crippen LogP contribution in [0.1, 0.15) is 16.7 Å². The van der Waals surface area contributed by atoms with Gasteiger partial charge in [0.25, 0.3) is 0 Å². The van der Waals surface area contributed by atoms with E-state index in [0.717, 1.165) is 18.1 Å². The van der Waals surface area contributed by atoms with E-state index in [1.807, 2.05) is 30.3 Å². The Balaban J connectivity index is 0.000000383. The highest BCUT2D eigenvalue weighted by molar-refractivity contribution is 7.89. The Kier molecular flexibility index (Phi) is 7.20. The Hall–Kier alpha value is -1.58. The molecule has 4 heteroatoms. The van der Waals surface area contributed by atoms with Crippen LogP contribution in [0.3, 0.4) is 0 Å².